The van der Waals surface area contributed by atoms with Gasteiger partial charge in [-0.25, -0.2) is 9.97 Å². The number of nitrogens with zero attached hydrogens (tertiary/aromatic N) is 2. The topological polar surface area (TPSA) is 66.9 Å². The number of rotatable bonds is 5. The van der Waals surface area contributed by atoms with E-state index in [2.05, 4.69) is 27.5 Å². The number of carbonyl (C=O) groups is 1. The van der Waals surface area contributed by atoms with E-state index in [1.807, 2.05) is 24.3 Å². The SMILES string of the molecule is CCc1ccccc1Nc1nccc(C(=O)Nc2ccc(Cl)cc2Cl)n1. The lowest BCUT2D eigenvalue weighted by Crippen LogP contribution is -2.15. The highest BCUT2D eigenvalue weighted by atomic mass is 35.5. The van der Waals surface area contributed by atoms with Gasteiger partial charge >= 0.3 is 0 Å². The predicted molar refractivity (Wildman–Crippen MR) is 106 cm³/mol. The lowest BCUT2D eigenvalue weighted by atomic mass is 10.1. The number of benzene rings is 2. The monoisotopic (exact) mass is 386 g/mol. The molecule has 2 aromatic carbocycles. The van der Waals surface area contributed by atoms with Crippen LogP contribution in [0.5, 0.6) is 0 Å². The lowest BCUT2D eigenvalue weighted by Gasteiger charge is -2.11. The molecule has 0 aliphatic carbocycles. The molecule has 1 heterocycles. The predicted octanol–water partition coefficient (Wildman–Crippen LogP) is 5.34. The van der Waals surface area contributed by atoms with Gasteiger partial charge in [0.05, 0.1) is 10.7 Å². The van der Waals surface area contributed by atoms with Crippen LogP contribution < -0.4 is 10.6 Å². The van der Waals surface area contributed by atoms with Crippen molar-refractivity contribution in [3.8, 4) is 0 Å². The number of nitrogens with one attached hydrogen (secondary N) is 2. The molecule has 7 heteroatoms. The normalized spacial score (nSPS) is 10.4. The summed E-state index contributed by atoms with van der Waals surface area (Å²) in [5, 5.41) is 6.73. The van der Waals surface area contributed by atoms with E-state index in [0.717, 1.165) is 17.7 Å². The first-order valence-corrected chi connectivity index (χ1v) is 8.77. The van der Waals surface area contributed by atoms with Crippen LogP contribution in [0.25, 0.3) is 0 Å². The minimum Gasteiger partial charge on any atom is -0.324 e. The number of halogens is 2. The summed E-state index contributed by atoms with van der Waals surface area (Å²) >= 11 is 12.0. The van der Waals surface area contributed by atoms with Gasteiger partial charge in [-0.3, -0.25) is 4.79 Å². The zero-order valence-electron chi connectivity index (χ0n) is 14.0. The molecule has 1 aromatic heterocycles. The second-order valence-corrected chi connectivity index (χ2v) is 6.32. The van der Waals surface area contributed by atoms with Gasteiger partial charge in [0.1, 0.15) is 5.69 Å². The fourth-order valence-corrected chi connectivity index (χ4v) is 2.85. The third kappa shape index (κ3) is 4.31. The Balaban J connectivity index is 1.79. The molecule has 5 nitrogen and oxygen atoms in total. The van der Waals surface area contributed by atoms with E-state index in [1.165, 1.54) is 12.3 Å². The van der Waals surface area contributed by atoms with E-state index in [-0.39, 0.29) is 11.6 Å². The average Bonchev–Trinajstić information content (AvgIpc) is 2.64. The van der Waals surface area contributed by atoms with Gasteiger partial charge in [-0.15, -0.1) is 0 Å². The molecule has 2 N–H and O–H groups in total. The number of hydrogen-bond acceptors (Lipinski definition) is 4. The van der Waals surface area contributed by atoms with E-state index in [4.69, 9.17) is 23.2 Å². The second kappa shape index (κ2) is 8.17. The summed E-state index contributed by atoms with van der Waals surface area (Å²) < 4.78 is 0. The summed E-state index contributed by atoms with van der Waals surface area (Å²) in [7, 11) is 0. The van der Waals surface area contributed by atoms with Crippen molar-refractivity contribution in [1.29, 1.82) is 0 Å². The van der Waals surface area contributed by atoms with E-state index >= 15 is 0 Å². The Morgan fingerprint density at radius 1 is 1.08 bits per heavy atom. The van der Waals surface area contributed by atoms with Crippen molar-refractivity contribution in [3.05, 3.63) is 76.0 Å². The van der Waals surface area contributed by atoms with Crippen LogP contribution in [0.3, 0.4) is 0 Å². The highest BCUT2D eigenvalue weighted by Gasteiger charge is 2.12. The standard InChI is InChI=1S/C19H16Cl2N4O/c1-2-12-5-3-4-6-15(12)24-19-22-10-9-17(25-19)18(26)23-16-8-7-13(20)11-14(16)21/h3-11H,2H2,1H3,(H,23,26)(H,22,24,25). The average molecular weight is 387 g/mol. The van der Waals surface area contributed by atoms with Gasteiger partial charge in [-0.05, 0) is 42.3 Å². The van der Waals surface area contributed by atoms with Crippen molar-refractivity contribution in [3.63, 3.8) is 0 Å². The highest BCUT2D eigenvalue weighted by molar-refractivity contribution is 6.36. The van der Waals surface area contributed by atoms with Crippen LogP contribution in [-0.2, 0) is 6.42 Å². The number of amides is 1. The fraction of sp³-hybridized carbons (Fsp3) is 0.105. The molecular weight excluding hydrogens is 371 g/mol. The van der Waals surface area contributed by atoms with Gasteiger partial charge in [0.2, 0.25) is 5.95 Å². The number of aryl methyl sites for hydroxylation is 1. The van der Waals surface area contributed by atoms with E-state index in [0.29, 0.717) is 21.7 Å². The first-order valence-electron chi connectivity index (χ1n) is 8.01. The van der Waals surface area contributed by atoms with Crippen LogP contribution in [0, 0.1) is 0 Å². The molecule has 0 aliphatic rings. The number of carbonyl (C=O) groups excluding carboxylic acids is 1. The van der Waals surface area contributed by atoms with Gasteiger partial charge in [-0.2, -0.15) is 0 Å². The molecule has 0 saturated carbocycles. The molecule has 0 saturated heterocycles. The number of anilines is 3. The van der Waals surface area contributed by atoms with Crippen LogP contribution >= 0.6 is 23.2 Å². The molecule has 0 unspecified atom stereocenters. The van der Waals surface area contributed by atoms with E-state index < -0.39 is 0 Å². The third-order valence-corrected chi connectivity index (χ3v) is 4.26. The quantitative estimate of drug-likeness (QED) is 0.620. The van der Waals surface area contributed by atoms with Crippen LogP contribution in [0.1, 0.15) is 23.0 Å². The Morgan fingerprint density at radius 2 is 1.88 bits per heavy atom. The first-order chi connectivity index (χ1) is 12.6. The number of para-hydroxylation sites is 1. The summed E-state index contributed by atoms with van der Waals surface area (Å²) in [4.78, 5) is 20.9. The summed E-state index contributed by atoms with van der Waals surface area (Å²) in [6.45, 7) is 2.07. The second-order valence-electron chi connectivity index (χ2n) is 5.48. The molecule has 0 spiro atoms. The van der Waals surface area contributed by atoms with Crippen molar-refractivity contribution in [2.45, 2.75) is 13.3 Å². The molecule has 0 aliphatic heterocycles. The Hall–Kier alpha value is -2.63. The summed E-state index contributed by atoms with van der Waals surface area (Å²) in [5.41, 5.74) is 2.74. The smallest absolute Gasteiger partial charge is 0.274 e. The zero-order chi connectivity index (χ0) is 18.5. The summed E-state index contributed by atoms with van der Waals surface area (Å²) in [5.74, 6) is -0.0378. The maximum absolute atomic E-state index is 12.5. The molecule has 0 bridgehead atoms. The summed E-state index contributed by atoms with van der Waals surface area (Å²) in [6, 6.07) is 14.3. The fourth-order valence-electron chi connectivity index (χ4n) is 2.39. The molecular formula is C19H16Cl2N4O. The van der Waals surface area contributed by atoms with Crippen LogP contribution in [0.4, 0.5) is 17.3 Å². The molecule has 3 rings (SSSR count). The van der Waals surface area contributed by atoms with Gasteiger partial charge in [0, 0.05) is 16.9 Å². The van der Waals surface area contributed by atoms with Crippen LogP contribution in [0.2, 0.25) is 10.0 Å². The van der Waals surface area contributed by atoms with Gasteiger partial charge < -0.3 is 10.6 Å². The Labute approximate surface area is 161 Å². The van der Waals surface area contributed by atoms with E-state index in [1.54, 1.807) is 18.2 Å². The van der Waals surface area contributed by atoms with Crippen molar-refractivity contribution in [2.24, 2.45) is 0 Å². The Bertz CT molecular complexity index is 946. The highest BCUT2D eigenvalue weighted by Crippen LogP contribution is 2.26. The van der Waals surface area contributed by atoms with Crippen molar-refractivity contribution < 1.29 is 4.79 Å². The molecule has 0 atom stereocenters. The number of aromatic nitrogens is 2. The summed E-state index contributed by atoms with van der Waals surface area (Å²) in [6.07, 6.45) is 2.40. The Kier molecular flexibility index (Phi) is 5.71. The van der Waals surface area contributed by atoms with Gasteiger partial charge in [0.25, 0.3) is 5.91 Å². The minimum absolute atomic E-state index is 0.225. The lowest BCUT2D eigenvalue weighted by molar-refractivity contribution is 0.102. The van der Waals surface area contributed by atoms with Crippen LogP contribution in [-0.4, -0.2) is 15.9 Å². The largest absolute Gasteiger partial charge is 0.324 e. The molecule has 132 valence electrons. The molecule has 3 aromatic rings. The zero-order valence-corrected chi connectivity index (χ0v) is 15.5. The minimum atomic E-state index is -0.386. The molecule has 0 fully saturated rings. The van der Waals surface area contributed by atoms with Gasteiger partial charge in [-0.1, -0.05) is 48.3 Å². The van der Waals surface area contributed by atoms with E-state index in [9.17, 15) is 4.79 Å². The maximum Gasteiger partial charge on any atom is 0.274 e. The Morgan fingerprint density at radius 3 is 2.65 bits per heavy atom. The third-order valence-electron chi connectivity index (χ3n) is 3.71. The van der Waals surface area contributed by atoms with Crippen molar-refractivity contribution >= 4 is 46.4 Å². The molecule has 0 radical (unpaired) electrons. The van der Waals surface area contributed by atoms with Gasteiger partial charge in [0.15, 0.2) is 0 Å². The van der Waals surface area contributed by atoms with Crippen molar-refractivity contribution in [2.75, 3.05) is 10.6 Å². The first kappa shape index (κ1) is 18.2. The maximum atomic E-state index is 12.5. The molecule has 1 amide bonds. The van der Waals surface area contributed by atoms with Crippen LogP contribution in [0.15, 0.2) is 54.7 Å². The molecule has 26 heavy (non-hydrogen) atoms. The van der Waals surface area contributed by atoms with Crippen molar-refractivity contribution in [1.82, 2.24) is 9.97 Å². The number of hydrogen-bond donors (Lipinski definition) is 2.